The second kappa shape index (κ2) is 7.85. The highest BCUT2D eigenvalue weighted by Crippen LogP contribution is 2.27. The zero-order valence-corrected chi connectivity index (χ0v) is 14.9. The number of para-hydroxylation sites is 1. The quantitative estimate of drug-likeness (QED) is 0.687. The molecule has 0 atom stereocenters. The Morgan fingerprint density at radius 3 is 2.68 bits per heavy atom. The molecule has 128 valence electrons. The van der Waals surface area contributed by atoms with Gasteiger partial charge in [-0.15, -0.1) is 11.8 Å². The molecule has 0 radical (unpaired) electrons. The third-order valence-corrected chi connectivity index (χ3v) is 4.30. The minimum Gasteiger partial charge on any atom is -0.332 e. The summed E-state index contributed by atoms with van der Waals surface area (Å²) in [6, 6.07) is 15.1. The molecule has 2 aromatic heterocycles. The molecule has 2 N–H and O–H groups in total. The number of carbonyl (C=O) groups is 1. The highest BCUT2D eigenvalue weighted by atomic mass is 32.2. The summed E-state index contributed by atoms with van der Waals surface area (Å²) in [7, 11) is 0. The van der Waals surface area contributed by atoms with Crippen molar-refractivity contribution in [1.29, 1.82) is 0 Å². The summed E-state index contributed by atoms with van der Waals surface area (Å²) in [4.78, 5) is 17.6. The summed E-state index contributed by atoms with van der Waals surface area (Å²) in [5, 5.41) is 10.1. The summed E-state index contributed by atoms with van der Waals surface area (Å²) in [6.45, 7) is 2.29. The van der Waals surface area contributed by atoms with Crippen LogP contribution in [0.3, 0.4) is 0 Å². The molecule has 2 amide bonds. The van der Waals surface area contributed by atoms with E-state index < -0.39 is 0 Å². The molecule has 25 heavy (non-hydrogen) atoms. The lowest BCUT2D eigenvalue weighted by Gasteiger charge is -2.11. The lowest BCUT2D eigenvalue weighted by molar-refractivity contribution is 0.251. The van der Waals surface area contributed by atoms with Crippen molar-refractivity contribution in [3.8, 4) is 5.69 Å². The van der Waals surface area contributed by atoms with Crippen LogP contribution in [0.2, 0.25) is 0 Å². The number of benzene rings is 1. The summed E-state index contributed by atoms with van der Waals surface area (Å²) < 4.78 is 1.72. The summed E-state index contributed by atoms with van der Waals surface area (Å²) in [6.07, 6.45) is 3.70. The number of aromatic nitrogens is 3. The summed E-state index contributed by atoms with van der Waals surface area (Å²) >= 11 is 1.53. The Kier molecular flexibility index (Phi) is 5.35. The number of anilines is 1. The number of carbonyl (C=O) groups excluding carboxylic acids is 1. The first-order chi connectivity index (χ1) is 12.2. The second-order valence-corrected chi connectivity index (χ2v) is 6.23. The maximum atomic E-state index is 12.3. The van der Waals surface area contributed by atoms with Crippen LogP contribution in [0, 0.1) is 6.92 Å². The molecule has 0 saturated heterocycles. The molecule has 7 heteroatoms. The van der Waals surface area contributed by atoms with Crippen molar-refractivity contribution >= 4 is 23.6 Å². The first-order valence-electron chi connectivity index (χ1n) is 7.82. The molecule has 0 aliphatic heterocycles. The van der Waals surface area contributed by atoms with Gasteiger partial charge in [-0.05, 0) is 37.4 Å². The topological polar surface area (TPSA) is 71.8 Å². The van der Waals surface area contributed by atoms with Gasteiger partial charge in [-0.25, -0.2) is 9.48 Å². The Bertz CT molecular complexity index is 863. The maximum absolute atomic E-state index is 12.3. The van der Waals surface area contributed by atoms with Crippen LogP contribution in [-0.2, 0) is 6.54 Å². The molecule has 0 saturated carbocycles. The molecule has 2 heterocycles. The fourth-order valence-electron chi connectivity index (χ4n) is 2.38. The average molecular weight is 353 g/mol. The fourth-order valence-corrected chi connectivity index (χ4v) is 2.87. The van der Waals surface area contributed by atoms with E-state index >= 15 is 0 Å². The lowest BCUT2D eigenvalue weighted by atomic mass is 10.3. The molecule has 0 unspecified atom stereocenters. The molecule has 3 rings (SSSR count). The van der Waals surface area contributed by atoms with Crippen LogP contribution < -0.4 is 10.6 Å². The molecular weight excluding hydrogens is 334 g/mol. The van der Waals surface area contributed by atoms with Crippen LogP contribution in [0.4, 0.5) is 10.6 Å². The highest BCUT2D eigenvalue weighted by molar-refractivity contribution is 7.98. The van der Waals surface area contributed by atoms with E-state index in [1.54, 1.807) is 10.9 Å². The van der Waals surface area contributed by atoms with Crippen LogP contribution in [-0.4, -0.2) is 27.1 Å². The van der Waals surface area contributed by atoms with Gasteiger partial charge in [0, 0.05) is 5.69 Å². The van der Waals surface area contributed by atoms with Crippen LogP contribution >= 0.6 is 11.8 Å². The number of thioether (sulfide) groups is 1. The number of urea groups is 1. The Labute approximate surface area is 150 Å². The largest absolute Gasteiger partial charge is 0.332 e. The van der Waals surface area contributed by atoms with Crippen LogP contribution in [0.5, 0.6) is 0 Å². The van der Waals surface area contributed by atoms with Crippen LogP contribution in [0.25, 0.3) is 5.69 Å². The average Bonchev–Trinajstić information content (AvgIpc) is 3.03. The van der Waals surface area contributed by atoms with E-state index in [9.17, 15) is 4.79 Å². The third kappa shape index (κ3) is 4.19. The molecular formula is C18H19N5OS. The maximum Gasteiger partial charge on any atom is 0.320 e. The number of amides is 2. The van der Waals surface area contributed by atoms with Crippen molar-refractivity contribution < 1.29 is 4.79 Å². The van der Waals surface area contributed by atoms with E-state index in [-0.39, 0.29) is 6.03 Å². The Balaban J connectivity index is 1.73. The normalized spacial score (nSPS) is 10.5. The number of aryl methyl sites for hydroxylation is 1. The van der Waals surface area contributed by atoms with E-state index in [0.717, 1.165) is 22.0 Å². The van der Waals surface area contributed by atoms with E-state index in [0.29, 0.717) is 12.4 Å². The zero-order valence-electron chi connectivity index (χ0n) is 14.1. The van der Waals surface area contributed by atoms with E-state index in [4.69, 9.17) is 0 Å². The van der Waals surface area contributed by atoms with Crippen molar-refractivity contribution in [2.24, 2.45) is 0 Å². The third-order valence-electron chi connectivity index (χ3n) is 3.56. The van der Waals surface area contributed by atoms with Crippen molar-refractivity contribution in [1.82, 2.24) is 20.1 Å². The smallest absolute Gasteiger partial charge is 0.320 e. The van der Waals surface area contributed by atoms with Crippen LogP contribution in [0.1, 0.15) is 11.4 Å². The number of nitrogens with one attached hydrogen (secondary N) is 2. The Hall–Kier alpha value is -2.80. The van der Waals surface area contributed by atoms with Gasteiger partial charge in [0.25, 0.3) is 0 Å². The highest BCUT2D eigenvalue weighted by Gasteiger charge is 2.14. The summed E-state index contributed by atoms with van der Waals surface area (Å²) in [5.74, 6) is 0.647. The van der Waals surface area contributed by atoms with Gasteiger partial charge < -0.3 is 5.32 Å². The van der Waals surface area contributed by atoms with Gasteiger partial charge in [-0.3, -0.25) is 10.3 Å². The number of hydrogen-bond acceptors (Lipinski definition) is 4. The van der Waals surface area contributed by atoms with Gasteiger partial charge in [-0.1, -0.05) is 24.3 Å². The molecule has 3 aromatic rings. The van der Waals surface area contributed by atoms with Crippen LogP contribution in [0.15, 0.2) is 59.6 Å². The number of hydrogen-bond donors (Lipinski definition) is 2. The first-order valence-corrected chi connectivity index (χ1v) is 9.04. The van der Waals surface area contributed by atoms with Gasteiger partial charge in [0.1, 0.15) is 0 Å². The Morgan fingerprint density at radius 1 is 1.16 bits per heavy atom. The molecule has 1 aromatic carbocycles. The van der Waals surface area contributed by atoms with E-state index in [2.05, 4.69) is 20.7 Å². The van der Waals surface area contributed by atoms with Crippen molar-refractivity contribution in [2.75, 3.05) is 11.6 Å². The zero-order chi connectivity index (χ0) is 17.6. The monoisotopic (exact) mass is 353 g/mol. The number of nitrogens with zero attached hydrogens (tertiary/aromatic N) is 3. The SMILES string of the molecule is CSc1cnn(-c2ccccc2)c1NC(=O)NCc1cccc(C)n1. The first kappa shape index (κ1) is 17.0. The minimum atomic E-state index is -0.295. The predicted octanol–water partition coefficient (Wildman–Crippen LogP) is 3.62. The number of rotatable bonds is 5. The van der Waals surface area contributed by atoms with Crippen molar-refractivity contribution in [3.05, 3.63) is 66.1 Å². The van der Waals surface area contributed by atoms with Gasteiger partial charge in [0.15, 0.2) is 5.82 Å². The van der Waals surface area contributed by atoms with Gasteiger partial charge in [-0.2, -0.15) is 5.10 Å². The minimum absolute atomic E-state index is 0.295. The van der Waals surface area contributed by atoms with Gasteiger partial charge in [0.05, 0.1) is 29.0 Å². The molecule has 0 spiro atoms. The molecule has 0 aliphatic carbocycles. The predicted molar refractivity (Wildman–Crippen MR) is 100 cm³/mol. The second-order valence-electron chi connectivity index (χ2n) is 5.39. The molecule has 0 bridgehead atoms. The van der Waals surface area contributed by atoms with Crippen molar-refractivity contribution in [3.63, 3.8) is 0 Å². The van der Waals surface area contributed by atoms with Gasteiger partial charge in [0.2, 0.25) is 0 Å². The molecule has 0 fully saturated rings. The molecule has 6 nitrogen and oxygen atoms in total. The van der Waals surface area contributed by atoms with Crippen molar-refractivity contribution in [2.45, 2.75) is 18.4 Å². The fraction of sp³-hybridized carbons (Fsp3) is 0.167. The Morgan fingerprint density at radius 2 is 1.96 bits per heavy atom. The van der Waals surface area contributed by atoms with Gasteiger partial charge >= 0.3 is 6.03 Å². The standard InChI is InChI=1S/C18H19N5OS/c1-13-7-6-8-14(21-13)11-19-18(24)22-17-16(25-2)12-20-23(17)15-9-4-3-5-10-15/h3-10,12H,11H2,1-2H3,(H2,19,22,24). The van der Waals surface area contributed by atoms with E-state index in [1.807, 2.05) is 61.7 Å². The van der Waals surface area contributed by atoms with E-state index in [1.165, 1.54) is 11.8 Å². The lowest BCUT2D eigenvalue weighted by Crippen LogP contribution is -2.29. The molecule has 0 aliphatic rings. The number of pyridine rings is 1. The summed E-state index contributed by atoms with van der Waals surface area (Å²) in [5.41, 5.74) is 2.63.